The summed E-state index contributed by atoms with van der Waals surface area (Å²) < 4.78 is 13.2. The number of halogens is 2. The fourth-order valence-electron chi connectivity index (χ4n) is 2.05. The Balaban J connectivity index is 2.05. The smallest absolute Gasteiger partial charge is 0.125 e. The van der Waals surface area contributed by atoms with Gasteiger partial charge in [0.25, 0.3) is 0 Å². The molecule has 2 aromatic rings. The molecule has 0 amide bonds. The lowest BCUT2D eigenvalue weighted by molar-refractivity contribution is 0.318. The number of hydrogen-bond acceptors (Lipinski definition) is 2. The molecule has 0 bridgehead atoms. The molecule has 100 valence electrons. The number of benzene rings is 2. The van der Waals surface area contributed by atoms with Gasteiger partial charge in [-0.15, -0.1) is 0 Å². The van der Waals surface area contributed by atoms with Crippen molar-refractivity contribution >= 4 is 17.3 Å². The molecule has 4 heteroatoms. The molecular weight excluding hydrogens is 263 g/mol. The molecule has 2 nitrogen and oxygen atoms in total. The van der Waals surface area contributed by atoms with Crippen molar-refractivity contribution in [2.75, 3.05) is 12.8 Å². The lowest BCUT2D eigenvalue weighted by atomic mass is 10.1. The van der Waals surface area contributed by atoms with E-state index >= 15 is 0 Å². The van der Waals surface area contributed by atoms with Gasteiger partial charge in [0.1, 0.15) is 5.82 Å². The average Bonchev–Trinajstić information content (AvgIpc) is 2.30. The SMILES string of the molecule is CN(Cc1cc(N)cc(F)c1)Cc1ccccc1Cl. The highest BCUT2D eigenvalue weighted by Gasteiger charge is 2.06. The zero-order valence-corrected chi connectivity index (χ0v) is 11.5. The number of anilines is 1. The Labute approximate surface area is 117 Å². The quantitative estimate of drug-likeness (QED) is 0.864. The standard InChI is InChI=1S/C15H16ClFN2/c1-19(10-12-4-2-3-5-15(12)16)9-11-6-13(17)8-14(18)7-11/h2-8H,9-10,18H2,1H3. The van der Waals surface area contributed by atoms with Crippen molar-refractivity contribution in [3.63, 3.8) is 0 Å². The van der Waals surface area contributed by atoms with E-state index < -0.39 is 0 Å². The number of nitrogens with zero attached hydrogens (tertiary/aromatic N) is 1. The Kier molecular flexibility index (Phi) is 4.40. The Hall–Kier alpha value is -1.58. The van der Waals surface area contributed by atoms with Crippen molar-refractivity contribution in [2.45, 2.75) is 13.1 Å². The number of rotatable bonds is 4. The molecule has 0 saturated carbocycles. The summed E-state index contributed by atoms with van der Waals surface area (Å²) >= 11 is 6.12. The van der Waals surface area contributed by atoms with Crippen LogP contribution >= 0.6 is 11.6 Å². The van der Waals surface area contributed by atoms with E-state index in [4.69, 9.17) is 17.3 Å². The summed E-state index contributed by atoms with van der Waals surface area (Å²) in [5, 5.41) is 0.744. The normalized spacial score (nSPS) is 10.9. The van der Waals surface area contributed by atoms with Crippen molar-refractivity contribution in [1.82, 2.24) is 4.90 Å². The van der Waals surface area contributed by atoms with Gasteiger partial charge in [-0.05, 0) is 42.4 Å². The second-order valence-corrected chi connectivity index (χ2v) is 5.06. The van der Waals surface area contributed by atoms with Gasteiger partial charge in [-0.2, -0.15) is 0 Å². The van der Waals surface area contributed by atoms with Crippen LogP contribution in [-0.2, 0) is 13.1 Å². The third-order valence-corrected chi connectivity index (χ3v) is 3.20. The molecule has 0 saturated heterocycles. The molecule has 0 aliphatic carbocycles. The summed E-state index contributed by atoms with van der Waals surface area (Å²) in [6.07, 6.45) is 0. The fraction of sp³-hybridized carbons (Fsp3) is 0.200. The molecule has 0 fully saturated rings. The van der Waals surface area contributed by atoms with E-state index in [9.17, 15) is 4.39 Å². The third-order valence-electron chi connectivity index (χ3n) is 2.83. The molecule has 0 radical (unpaired) electrons. The van der Waals surface area contributed by atoms with Crippen LogP contribution in [-0.4, -0.2) is 11.9 Å². The van der Waals surface area contributed by atoms with Crippen molar-refractivity contribution in [3.05, 3.63) is 64.4 Å². The minimum atomic E-state index is -0.304. The van der Waals surface area contributed by atoms with Crippen LogP contribution in [0, 0.1) is 5.82 Å². The van der Waals surface area contributed by atoms with E-state index in [1.807, 2.05) is 31.3 Å². The van der Waals surface area contributed by atoms with E-state index in [-0.39, 0.29) is 5.82 Å². The van der Waals surface area contributed by atoms with Crippen LogP contribution in [0.15, 0.2) is 42.5 Å². The fourth-order valence-corrected chi connectivity index (χ4v) is 2.25. The first-order valence-corrected chi connectivity index (χ1v) is 6.39. The molecule has 2 aromatic carbocycles. The average molecular weight is 279 g/mol. The Bertz CT molecular complexity index is 552. The first-order valence-electron chi connectivity index (χ1n) is 6.01. The zero-order chi connectivity index (χ0) is 13.8. The van der Waals surface area contributed by atoms with Gasteiger partial charge in [0, 0.05) is 23.8 Å². The van der Waals surface area contributed by atoms with Gasteiger partial charge in [-0.1, -0.05) is 29.8 Å². The van der Waals surface area contributed by atoms with Crippen molar-refractivity contribution in [1.29, 1.82) is 0 Å². The maximum Gasteiger partial charge on any atom is 0.125 e. The monoisotopic (exact) mass is 278 g/mol. The van der Waals surface area contributed by atoms with Gasteiger partial charge in [-0.3, -0.25) is 4.90 Å². The Morgan fingerprint density at radius 1 is 1.16 bits per heavy atom. The predicted octanol–water partition coefficient (Wildman–Crippen LogP) is 3.69. The summed E-state index contributed by atoms with van der Waals surface area (Å²) in [5.74, 6) is -0.304. The summed E-state index contributed by atoms with van der Waals surface area (Å²) in [6, 6.07) is 12.3. The second-order valence-electron chi connectivity index (χ2n) is 4.66. The van der Waals surface area contributed by atoms with E-state index in [1.54, 1.807) is 6.07 Å². The molecule has 0 spiro atoms. The first-order chi connectivity index (χ1) is 9.04. The maximum atomic E-state index is 13.2. The van der Waals surface area contributed by atoms with E-state index in [0.29, 0.717) is 18.8 Å². The molecule has 0 unspecified atom stereocenters. The molecule has 0 aliphatic heterocycles. The van der Waals surface area contributed by atoms with Crippen molar-refractivity contribution in [2.24, 2.45) is 0 Å². The lowest BCUT2D eigenvalue weighted by Gasteiger charge is -2.18. The lowest BCUT2D eigenvalue weighted by Crippen LogP contribution is -2.17. The third kappa shape index (κ3) is 3.94. The van der Waals surface area contributed by atoms with Gasteiger partial charge in [0.2, 0.25) is 0 Å². The summed E-state index contributed by atoms with van der Waals surface area (Å²) in [7, 11) is 1.96. The maximum absolute atomic E-state index is 13.2. The molecular formula is C15H16ClFN2. The summed E-state index contributed by atoms with van der Waals surface area (Å²) in [5.41, 5.74) is 7.98. The van der Waals surface area contributed by atoms with Crippen LogP contribution < -0.4 is 5.73 Å². The minimum absolute atomic E-state index is 0.304. The molecule has 0 heterocycles. The number of nitrogen functional groups attached to an aromatic ring is 1. The molecule has 0 aliphatic rings. The second kappa shape index (κ2) is 6.04. The highest BCUT2D eigenvalue weighted by atomic mass is 35.5. The zero-order valence-electron chi connectivity index (χ0n) is 10.7. The Morgan fingerprint density at radius 2 is 1.89 bits per heavy atom. The van der Waals surface area contributed by atoms with Gasteiger partial charge >= 0.3 is 0 Å². The van der Waals surface area contributed by atoms with Crippen LogP contribution in [0.3, 0.4) is 0 Å². The highest BCUT2D eigenvalue weighted by molar-refractivity contribution is 6.31. The molecule has 0 atom stereocenters. The molecule has 19 heavy (non-hydrogen) atoms. The van der Waals surface area contributed by atoms with Crippen LogP contribution in [0.25, 0.3) is 0 Å². The topological polar surface area (TPSA) is 29.3 Å². The molecule has 2 N–H and O–H groups in total. The Morgan fingerprint density at radius 3 is 2.58 bits per heavy atom. The molecule has 0 aromatic heterocycles. The van der Waals surface area contributed by atoms with Crippen LogP contribution in [0.1, 0.15) is 11.1 Å². The van der Waals surface area contributed by atoms with E-state index in [1.165, 1.54) is 12.1 Å². The van der Waals surface area contributed by atoms with Crippen LogP contribution in [0.4, 0.5) is 10.1 Å². The van der Waals surface area contributed by atoms with E-state index in [0.717, 1.165) is 16.1 Å². The van der Waals surface area contributed by atoms with Crippen molar-refractivity contribution < 1.29 is 4.39 Å². The van der Waals surface area contributed by atoms with Crippen molar-refractivity contribution in [3.8, 4) is 0 Å². The number of nitrogens with two attached hydrogens (primary N) is 1. The highest BCUT2D eigenvalue weighted by Crippen LogP contribution is 2.18. The largest absolute Gasteiger partial charge is 0.399 e. The first kappa shape index (κ1) is 13.8. The van der Waals surface area contributed by atoms with Crippen LogP contribution in [0.5, 0.6) is 0 Å². The van der Waals surface area contributed by atoms with Gasteiger partial charge in [-0.25, -0.2) is 4.39 Å². The molecule has 2 rings (SSSR count). The summed E-state index contributed by atoms with van der Waals surface area (Å²) in [4.78, 5) is 2.06. The van der Waals surface area contributed by atoms with Gasteiger partial charge < -0.3 is 5.73 Å². The van der Waals surface area contributed by atoms with Crippen LogP contribution in [0.2, 0.25) is 5.02 Å². The minimum Gasteiger partial charge on any atom is -0.399 e. The van der Waals surface area contributed by atoms with Gasteiger partial charge in [0.05, 0.1) is 0 Å². The predicted molar refractivity (Wildman–Crippen MR) is 77.4 cm³/mol. The summed E-state index contributed by atoms with van der Waals surface area (Å²) in [6.45, 7) is 1.32. The number of hydrogen-bond donors (Lipinski definition) is 1. The van der Waals surface area contributed by atoms with E-state index in [2.05, 4.69) is 4.90 Å². The van der Waals surface area contributed by atoms with Gasteiger partial charge in [0.15, 0.2) is 0 Å².